The predicted molar refractivity (Wildman–Crippen MR) is 118 cm³/mol. The largest absolute Gasteiger partial charge is 0.497 e. The smallest absolute Gasteiger partial charge is 0.363 e. The Bertz CT molecular complexity index is 1330. The lowest BCUT2D eigenvalue weighted by Gasteiger charge is -2.08. The van der Waals surface area contributed by atoms with Gasteiger partial charge in [-0.3, -0.25) is 0 Å². The van der Waals surface area contributed by atoms with E-state index < -0.39 is 11.9 Å². The van der Waals surface area contributed by atoms with Gasteiger partial charge in [-0.1, -0.05) is 24.3 Å². The summed E-state index contributed by atoms with van der Waals surface area (Å²) < 4.78 is 26.7. The summed E-state index contributed by atoms with van der Waals surface area (Å²) in [5.74, 6) is 0.919. The van der Waals surface area contributed by atoms with Crippen molar-refractivity contribution in [2.75, 3.05) is 13.9 Å². The van der Waals surface area contributed by atoms with Gasteiger partial charge in [-0.15, -0.1) is 0 Å². The number of hydrogen-bond acceptors (Lipinski definition) is 8. The normalized spacial score (nSPS) is 15.2. The third-order valence-corrected chi connectivity index (χ3v) is 4.96. The van der Waals surface area contributed by atoms with Crippen LogP contribution in [-0.2, 0) is 9.53 Å². The van der Waals surface area contributed by atoms with E-state index in [9.17, 15) is 9.59 Å². The van der Waals surface area contributed by atoms with E-state index in [2.05, 4.69) is 4.99 Å². The number of carbonyl (C=O) groups is 2. The second-order valence-electron chi connectivity index (χ2n) is 7.06. The fraction of sp³-hybridized carbons (Fsp3) is 0.0800. The number of aliphatic imine (C=N–C) groups is 1. The first-order chi connectivity index (χ1) is 16.1. The molecule has 2 aliphatic rings. The lowest BCUT2D eigenvalue weighted by atomic mass is 10.1. The van der Waals surface area contributed by atoms with Gasteiger partial charge in [-0.2, -0.15) is 0 Å². The zero-order valence-corrected chi connectivity index (χ0v) is 17.4. The molecule has 0 N–H and O–H groups in total. The first-order valence-corrected chi connectivity index (χ1v) is 9.98. The molecule has 0 saturated carbocycles. The van der Waals surface area contributed by atoms with Crippen LogP contribution in [0.5, 0.6) is 23.0 Å². The number of carbonyl (C=O) groups excluding carboxylic acids is 2. The molecule has 5 rings (SSSR count). The highest BCUT2D eigenvalue weighted by Crippen LogP contribution is 2.33. The van der Waals surface area contributed by atoms with E-state index in [1.165, 1.54) is 6.08 Å². The Morgan fingerprint density at radius 1 is 1.00 bits per heavy atom. The molecule has 3 aromatic rings. The molecule has 0 saturated heterocycles. The van der Waals surface area contributed by atoms with Crippen LogP contribution in [0.25, 0.3) is 6.08 Å². The molecule has 0 unspecified atom stereocenters. The number of fused-ring (bicyclic) bond motifs is 1. The van der Waals surface area contributed by atoms with Gasteiger partial charge in [0.25, 0.3) is 0 Å². The topological polar surface area (TPSA) is 92.7 Å². The summed E-state index contributed by atoms with van der Waals surface area (Å²) in [6.07, 6.45) is 1.51. The van der Waals surface area contributed by atoms with Gasteiger partial charge in [0.15, 0.2) is 17.2 Å². The average molecular weight is 443 g/mol. The van der Waals surface area contributed by atoms with Gasteiger partial charge in [-0.25, -0.2) is 14.6 Å². The molecular formula is C25H17NO7. The van der Waals surface area contributed by atoms with Crippen LogP contribution in [0.2, 0.25) is 0 Å². The summed E-state index contributed by atoms with van der Waals surface area (Å²) in [7, 11) is 1.55. The van der Waals surface area contributed by atoms with Crippen LogP contribution in [0.4, 0.5) is 0 Å². The summed E-state index contributed by atoms with van der Waals surface area (Å²) >= 11 is 0. The molecule has 8 heteroatoms. The minimum absolute atomic E-state index is 0.0828. The Labute approximate surface area is 188 Å². The first kappa shape index (κ1) is 20.3. The van der Waals surface area contributed by atoms with Crippen LogP contribution < -0.4 is 18.9 Å². The van der Waals surface area contributed by atoms with Crippen LogP contribution in [0, 0.1) is 0 Å². The van der Waals surface area contributed by atoms with E-state index in [1.807, 2.05) is 0 Å². The molecule has 0 aromatic heterocycles. The predicted octanol–water partition coefficient (Wildman–Crippen LogP) is 3.99. The van der Waals surface area contributed by atoms with Crippen LogP contribution in [0.15, 0.2) is 77.4 Å². The Balaban J connectivity index is 1.41. The van der Waals surface area contributed by atoms with Crippen LogP contribution >= 0.6 is 0 Å². The zero-order valence-electron chi connectivity index (χ0n) is 17.4. The van der Waals surface area contributed by atoms with Crippen molar-refractivity contribution >= 4 is 23.9 Å². The molecule has 0 bridgehead atoms. The molecule has 0 fully saturated rings. The highest BCUT2D eigenvalue weighted by atomic mass is 16.7. The van der Waals surface area contributed by atoms with Crippen molar-refractivity contribution in [2.24, 2.45) is 4.99 Å². The molecule has 8 nitrogen and oxygen atoms in total. The van der Waals surface area contributed by atoms with Gasteiger partial charge >= 0.3 is 11.9 Å². The number of methoxy groups -OCH3 is 1. The van der Waals surface area contributed by atoms with Gasteiger partial charge in [0, 0.05) is 11.1 Å². The molecule has 0 radical (unpaired) electrons. The molecule has 0 aliphatic carbocycles. The summed E-state index contributed by atoms with van der Waals surface area (Å²) in [5, 5.41) is 0. The molecule has 33 heavy (non-hydrogen) atoms. The standard InChI is InChI=1S/C25H17NO7/c1-29-18-7-4-6-16(11-18)23-26-19(25(28)33-23)12-15-5-2-3-8-20(15)32-24(27)17-9-10-21-22(13-17)31-14-30-21/h2-13H,14H2,1H3/b19-12-. The van der Waals surface area contributed by atoms with Gasteiger partial charge in [0.2, 0.25) is 12.7 Å². The van der Waals surface area contributed by atoms with Crippen LogP contribution in [0.1, 0.15) is 21.5 Å². The SMILES string of the molecule is COc1cccc(C2=N/C(=C\c3ccccc3OC(=O)c3ccc4c(c3)OCO4)C(=O)O2)c1. The summed E-state index contributed by atoms with van der Waals surface area (Å²) in [5.41, 5.74) is 1.49. The number of hydrogen-bond donors (Lipinski definition) is 0. The fourth-order valence-electron chi connectivity index (χ4n) is 3.31. The highest BCUT2D eigenvalue weighted by molar-refractivity contribution is 6.13. The number of rotatable bonds is 5. The van der Waals surface area contributed by atoms with Crippen molar-refractivity contribution in [2.45, 2.75) is 0 Å². The van der Waals surface area contributed by atoms with Crippen molar-refractivity contribution < 1.29 is 33.3 Å². The summed E-state index contributed by atoms with van der Waals surface area (Å²) in [4.78, 5) is 29.4. The molecule has 164 valence electrons. The van der Waals surface area contributed by atoms with Gasteiger partial charge < -0.3 is 23.7 Å². The number of ether oxygens (including phenoxy) is 5. The number of nitrogens with zero attached hydrogens (tertiary/aromatic N) is 1. The van der Waals surface area contributed by atoms with Crippen LogP contribution in [0.3, 0.4) is 0 Å². The number of esters is 2. The summed E-state index contributed by atoms with van der Waals surface area (Å²) in [6.45, 7) is 0.110. The number of cyclic esters (lactones) is 1. The summed E-state index contributed by atoms with van der Waals surface area (Å²) in [6, 6.07) is 18.7. The van der Waals surface area contributed by atoms with Gasteiger partial charge in [0.1, 0.15) is 11.5 Å². The van der Waals surface area contributed by atoms with Crippen molar-refractivity contribution in [1.29, 1.82) is 0 Å². The molecular weight excluding hydrogens is 426 g/mol. The first-order valence-electron chi connectivity index (χ1n) is 9.98. The second kappa shape index (κ2) is 8.51. The molecule has 3 aromatic carbocycles. The number of benzene rings is 3. The van der Waals surface area contributed by atoms with E-state index in [0.717, 1.165) is 0 Å². The Hall–Kier alpha value is -4.59. The van der Waals surface area contributed by atoms with E-state index >= 15 is 0 Å². The van der Waals surface area contributed by atoms with Crippen molar-refractivity contribution in [1.82, 2.24) is 0 Å². The minimum Gasteiger partial charge on any atom is -0.497 e. The maximum atomic E-state index is 12.7. The van der Waals surface area contributed by atoms with E-state index in [0.29, 0.717) is 33.9 Å². The third-order valence-electron chi connectivity index (χ3n) is 4.96. The molecule has 2 heterocycles. The Morgan fingerprint density at radius 2 is 1.85 bits per heavy atom. The minimum atomic E-state index is -0.607. The molecule has 0 spiro atoms. The number of para-hydroxylation sites is 1. The lowest BCUT2D eigenvalue weighted by molar-refractivity contribution is -0.129. The van der Waals surface area contributed by atoms with E-state index in [-0.39, 0.29) is 24.1 Å². The highest BCUT2D eigenvalue weighted by Gasteiger charge is 2.25. The van der Waals surface area contributed by atoms with Crippen molar-refractivity contribution in [3.8, 4) is 23.0 Å². The molecule has 2 aliphatic heterocycles. The fourth-order valence-corrected chi connectivity index (χ4v) is 3.31. The van der Waals surface area contributed by atoms with Crippen LogP contribution in [-0.4, -0.2) is 31.7 Å². The Morgan fingerprint density at radius 3 is 2.73 bits per heavy atom. The van der Waals surface area contributed by atoms with Crippen molar-refractivity contribution in [3.63, 3.8) is 0 Å². The van der Waals surface area contributed by atoms with E-state index in [4.69, 9.17) is 23.7 Å². The lowest BCUT2D eigenvalue weighted by Crippen LogP contribution is -2.09. The maximum Gasteiger partial charge on any atom is 0.363 e. The third kappa shape index (κ3) is 4.14. The van der Waals surface area contributed by atoms with E-state index in [1.54, 1.807) is 73.8 Å². The Kier molecular flexibility index (Phi) is 5.24. The molecule has 0 atom stereocenters. The van der Waals surface area contributed by atoms with Gasteiger partial charge in [-0.05, 0) is 48.5 Å². The second-order valence-corrected chi connectivity index (χ2v) is 7.06. The monoisotopic (exact) mass is 443 g/mol. The zero-order chi connectivity index (χ0) is 22.8. The van der Waals surface area contributed by atoms with Gasteiger partial charge in [0.05, 0.1) is 12.7 Å². The average Bonchev–Trinajstić information content (AvgIpc) is 3.46. The quantitative estimate of drug-likeness (QED) is 0.334. The molecule has 0 amide bonds. The van der Waals surface area contributed by atoms with Crippen molar-refractivity contribution in [3.05, 3.63) is 89.1 Å². The maximum absolute atomic E-state index is 12.7.